The molecule has 2 N–H and O–H groups in total. The van der Waals surface area contributed by atoms with Crippen molar-refractivity contribution in [3.05, 3.63) is 30.1 Å². The minimum atomic E-state index is -0.580. The Hall–Kier alpha value is -0.930. The fourth-order valence-electron chi connectivity index (χ4n) is 1.76. The molecule has 0 aliphatic carbocycles. The summed E-state index contributed by atoms with van der Waals surface area (Å²) < 4.78 is 0. The van der Waals surface area contributed by atoms with Crippen LogP contribution in [0.3, 0.4) is 0 Å². The highest BCUT2D eigenvalue weighted by atomic mass is 16.3. The van der Waals surface area contributed by atoms with E-state index < -0.39 is 5.60 Å². The first-order valence-corrected chi connectivity index (χ1v) is 5.96. The van der Waals surface area contributed by atoms with Crippen molar-refractivity contribution in [2.24, 2.45) is 0 Å². The minimum absolute atomic E-state index is 0.580. The lowest BCUT2D eigenvalue weighted by atomic mass is 10.0. The molecule has 1 heterocycles. The van der Waals surface area contributed by atoms with Gasteiger partial charge in [0.05, 0.1) is 5.60 Å². The molecule has 1 aromatic rings. The molecule has 0 bridgehead atoms. The van der Waals surface area contributed by atoms with Crippen LogP contribution in [0.25, 0.3) is 0 Å². The predicted octanol–water partition coefficient (Wildman–Crippen LogP) is 1.76. The van der Waals surface area contributed by atoms with Gasteiger partial charge in [-0.2, -0.15) is 0 Å². The third-order valence-corrected chi connectivity index (χ3v) is 2.61. The van der Waals surface area contributed by atoms with E-state index in [0.29, 0.717) is 6.54 Å². The summed E-state index contributed by atoms with van der Waals surface area (Å²) in [7, 11) is 0. The maximum atomic E-state index is 9.94. The van der Waals surface area contributed by atoms with Crippen LogP contribution < -0.4 is 5.32 Å². The van der Waals surface area contributed by atoms with E-state index in [1.165, 1.54) is 5.56 Å². The van der Waals surface area contributed by atoms with Gasteiger partial charge in [-0.15, -0.1) is 0 Å². The van der Waals surface area contributed by atoms with Gasteiger partial charge in [-0.05, 0) is 37.9 Å². The van der Waals surface area contributed by atoms with Gasteiger partial charge in [0.1, 0.15) is 0 Å². The first-order valence-electron chi connectivity index (χ1n) is 5.96. The van der Waals surface area contributed by atoms with Crippen molar-refractivity contribution in [2.45, 2.75) is 38.7 Å². The van der Waals surface area contributed by atoms with Gasteiger partial charge in [-0.1, -0.05) is 19.4 Å². The molecule has 0 fully saturated rings. The van der Waals surface area contributed by atoms with Gasteiger partial charge in [0.25, 0.3) is 0 Å². The third-order valence-electron chi connectivity index (χ3n) is 2.61. The molecule has 1 aromatic heterocycles. The average Bonchev–Trinajstić information content (AvgIpc) is 2.26. The van der Waals surface area contributed by atoms with Crippen LogP contribution in [0.2, 0.25) is 0 Å². The quantitative estimate of drug-likeness (QED) is 0.691. The fraction of sp³-hybridized carbons (Fsp3) is 0.615. The van der Waals surface area contributed by atoms with Gasteiger partial charge >= 0.3 is 0 Å². The molecule has 0 aromatic carbocycles. The molecule has 0 spiro atoms. The molecule has 3 heteroatoms. The minimum Gasteiger partial charge on any atom is -0.389 e. The molecule has 1 rings (SSSR count). The normalized spacial score (nSPS) is 14.7. The van der Waals surface area contributed by atoms with Crippen LogP contribution in [0.4, 0.5) is 0 Å². The van der Waals surface area contributed by atoms with Crippen LogP contribution in [0, 0.1) is 0 Å². The largest absolute Gasteiger partial charge is 0.389 e. The summed E-state index contributed by atoms with van der Waals surface area (Å²) in [5.74, 6) is 0. The molecule has 16 heavy (non-hydrogen) atoms. The lowest BCUT2D eigenvalue weighted by molar-refractivity contribution is 0.0504. The second-order valence-electron chi connectivity index (χ2n) is 4.53. The Morgan fingerprint density at radius 3 is 2.94 bits per heavy atom. The molecule has 0 aliphatic rings. The maximum Gasteiger partial charge on any atom is 0.0743 e. The standard InChI is InChI=1S/C13H22N2O/c1-3-7-13(2,16)11-15-9-6-12-5-4-8-14-10-12/h4-5,8,10,15-16H,3,6-7,9,11H2,1-2H3. The molecule has 3 nitrogen and oxygen atoms in total. The monoisotopic (exact) mass is 222 g/mol. The van der Waals surface area contributed by atoms with Gasteiger partial charge in [0.15, 0.2) is 0 Å². The highest BCUT2D eigenvalue weighted by Gasteiger charge is 2.17. The Morgan fingerprint density at radius 1 is 1.50 bits per heavy atom. The van der Waals surface area contributed by atoms with Crippen molar-refractivity contribution in [2.75, 3.05) is 13.1 Å². The van der Waals surface area contributed by atoms with E-state index in [-0.39, 0.29) is 0 Å². The number of hydrogen-bond donors (Lipinski definition) is 2. The van der Waals surface area contributed by atoms with Crippen molar-refractivity contribution in [1.29, 1.82) is 0 Å². The van der Waals surface area contributed by atoms with E-state index in [1.807, 2.05) is 19.2 Å². The van der Waals surface area contributed by atoms with Crippen molar-refractivity contribution >= 4 is 0 Å². The molecular formula is C13H22N2O. The summed E-state index contributed by atoms with van der Waals surface area (Å²) in [6.07, 6.45) is 6.47. The first kappa shape index (κ1) is 13.1. The Morgan fingerprint density at radius 2 is 2.31 bits per heavy atom. The van der Waals surface area contributed by atoms with E-state index in [0.717, 1.165) is 25.8 Å². The molecule has 0 saturated carbocycles. The van der Waals surface area contributed by atoms with Gasteiger partial charge in [0.2, 0.25) is 0 Å². The molecule has 0 radical (unpaired) electrons. The smallest absolute Gasteiger partial charge is 0.0743 e. The van der Waals surface area contributed by atoms with Crippen LogP contribution in [0.1, 0.15) is 32.3 Å². The van der Waals surface area contributed by atoms with Crippen molar-refractivity contribution < 1.29 is 5.11 Å². The van der Waals surface area contributed by atoms with Crippen molar-refractivity contribution in [1.82, 2.24) is 10.3 Å². The van der Waals surface area contributed by atoms with Gasteiger partial charge in [0, 0.05) is 18.9 Å². The van der Waals surface area contributed by atoms with Crippen LogP contribution in [-0.4, -0.2) is 28.8 Å². The number of nitrogens with one attached hydrogen (secondary N) is 1. The summed E-state index contributed by atoms with van der Waals surface area (Å²) in [6, 6.07) is 4.02. The molecule has 1 atom stereocenters. The number of nitrogens with zero attached hydrogens (tertiary/aromatic N) is 1. The van der Waals surface area contributed by atoms with Crippen molar-refractivity contribution in [3.8, 4) is 0 Å². The average molecular weight is 222 g/mol. The molecule has 1 unspecified atom stereocenters. The zero-order chi connectivity index (χ0) is 11.9. The van der Waals surface area contributed by atoms with Gasteiger partial charge < -0.3 is 10.4 Å². The SMILES string of the molecule is CCCC(C)(O)CNCCc1cccnc1. The van der Waals surface area contributed by atoms with Crippen LogP contribution in [0.5, 0.6) is 0 Å². The molecular weight excluding hydrogens is 200 g/mol. The topological polar surface area (TPSA) is 45.1 Å². The summed E-state index contributed by atoms with van der Waals surface area (Å²) in [4.78, 5) is 4.06. The van der Waals surface area contributed by atoms with E-state index in [2.05, 4.69) is 23.3 Å². The second kappa shape index (κ2) is 6.61. The summed E-state index contributed by atoms with van der Waals surface area (Å²) >= 11 is 0. The molecule has 90 valence electrons. The maximum absolute atomic E-state index is 9.94. The Labute approximate surface area is 97.9 Å². The van der Waals surface area contributed by atoms with E-state index >= 15 is 0 Å². The second-order valence-corrected chi connectivity index (χ2v) is 4.53. The first-order chi connectivity index (χ1) is 7.64. The summed E-state index contributed by atoms with van der Waals surface area (Å²) in [6.45, 7) is 5.50. The van der Waals surface area contributed by atoms with Crippen LogP contribution in [0.15, 0.2) is 24.5 Å². The lowest BCUT2D eigenvalue weighted by Crippen LogP contribution is -2.38. The Balaban J connectivity index is 2.17. The van der Waals surface area contributed by atoms with E-state index in [4.69, 9.17) is 0 Å². The van der Waals surface area contributed by atoms with E-state index in [1.54, 1.807) is 6.20 Å². The van der Waals surface area contributed by atoms with Crippen LogP contribution in [-0.2, 0) is 6.42 Å². The Kier molecular flexibility index (Phi) is 5.43. The fourth-order valence-corrected chi connectivity index (χ4v) is 1.76. The summed E-state index contributed by atoms with van der Waals surface area (Å²) in [5, 5.41) is 13.2. The molecule has 0 aliphatic heterocycles. The van der Waals surface area contributed by atoms with Crippen LogP contribution >= 0.6 is 0 Å². The predicted molar refractivity (Wildman–Crippen MR) is 66.3 cm³/mol. The van der Waals surface area contributed by atoms with Gasteiger partial charge in [-0.3, -0.25) is 4.98 Å². The lowest BCUT2D eigenvalue weighted by Gasteiger charge is -2.23. The number of aromatic nitrogens is 1. The molecule has 0 amide bonds. The third kappa shape index (κ3) is 5.24. The number of hydrogen-bond acceptors (Lipinski definition) is 3. The van der Waals surface area contributed by atoms with E-state index in [9.17, 15) is 5.11 Å². The highest BCUT2D eigenvalue weighted by molar-refractivity contribution is 5.08. The highest BCUT2D eigenvalue weighted by Crippen LogP contribution is 2.09. The Bertz CT molecular complexity index is 285. The number of rotatable bonds is 7. The zero-order valence-electron chi connectivity index (χ0n) is 10.2. The zero-order valence-corrected chi connectivity index (χ0v) is 10.2. The summed E-state index contributed by atoms with van der Waals surface area (Å²) in [5.41, 5.74) is 0.647. The number of pyridine rings is 1. The molecule has 0 saturated heterocycles. The van der Waals surface area contributed by atoms with Crippen molar-refractivity contribution in [3.63, 3.8) is 0 Å². The number of aliphatic hydroxyl groups is 1. The van der Waals surface area contributed by atoms with Gasteiger partial charge in [-0.25, -0.2) is 0 Å².